The molecule has 1 fully saturated rings. The third kappa shape index (κ3) is 8.60. The fraction of sp³-hybridized carbons (Fsp3) is 0.682. The highest BCUT2D eigenvalue weighted by molar-refractivity contribution is 5.80. The highest BCUT2D eigenvalue weighted by atomic mass is 16.5. The molecule has 0 saturated carbocycles. The molecule has 2 rings (SSSR count). The molecule has 1 aromatic carbocycles. The number of hydrogen-bond donors (Lipinski definition) is 3. The molecule has 1 aromatic rings. The first-order valence-corrected chi connectivity index (χ1v) is 10.7. The van der Waals surface area contributed by atoms with E-state index >= 15 is 0 Å². The summed E-state index contributed by atoms with van der Waals surface area (Å²) in [7, 11) is 1.62. The molecular formula is C22H38N4O3. The van der Waals surface area contributed by atoms with Crippen molar-refractivity contribution in [1.29, 1.82) is 0 Å². The van der Waals surface area contributed by atoms with E-state index in [1.54, 1.807) is 7.11 Å². The smallest absolute Gasteiger partial charge is 0.191 e. The second-order valence-corrected chi connectivity index (χ2v) is 7.69. The first-order chi connectivity index (χ1) is 14.0. The molecule has 1 heterocycles. The molecule has 0 amide bonds. The van der Waals surface area contributed by atoms with Gasteiger partial charge in [0.05, 0.1) is 32.5 Å². The molecule has 0 aliphatic carbocycles. The van der Waals surface area contributed by atoms with Crippen LogP contribution in [0.25, 0.3) is 0 Å². The van der Waals surface area contributed by atoms with Crippen molar-refractivity contribution < 1.29 is 14.6 Å². The van der Waals surface area contributed by atoms with E-state index in [0.29, 0.717) is 18.7 Å². The predicted octanol–water partition coefficient (Wildman–Crippen LogP) is 2.17. The Balaban J connectivity index is 1.81. The summed E-state index contributed by atoms with van der Waals surface area (Å²) in [6.45, 7) is 11.2. The monoisotopic (exact) mass is 406 g/mol. The Labute approximate surface area is 175 Å². The lowest BCUT2D eigenvalue weighted by Crippen LogP contribution is -2.49. The van der Waals surface area contributed by atoms with Crippen molar-refractivity contribution in [2.45, 2.75) is 51.9 Å². The van der Waals surface area contributed by atoms with Crippen LogP contribution in [0, 0.1) is 0 Å². The number of methoxy groups -OCH3 is 1. The average molecular weight is 407 g/mol. The van der Waals surface area contributed by atoms with Crippen LogP contribution in [0.5, 0.6) is 5.75 Å². The minimum absolute atomic E-state index is 0.292. The lowest BCUT2D eigenvalue weighted by atomic mass is 10.1. The van der Waals surface area contributed by atoms with Crippen molar-refractivity contribution in [2.24, 2.45) is 4.99 Å². The molecular weight excluding hydrogens is 368 g/mol. The Morgan fingerprint density at radius 2 is 2.07 bits per heavy atom. The molecule has 1 saturated heterocycles. The number of nitrogens with one attached hydrogen (secondary N) is 2. The van der Waals surface area contributed by atoms with Gasteiger partial charge in [-0.2, -0.15) is 0 Å². The number of aliphatic hydroxyl groups is 1. The third-order valence-corrected chi connectivity index (χ3v) is 5.03. The maximum Gasteiger partial charge on any atom is 0.191 e. The third-order valence-electron chi connectivity index (χ3n) is 5.03. The van der Waals surface area contributed by atoms with Gasteiger partial charge in [-0.1, -0.05) is 12.1 Å². The van der Waals surface area contributed by atoms with E-state index in [0.717, 1.165) is 62.9 Å². The largest absolute Gasteiger partial charge is 0.497 e. The Morgan fingerprint density at radius 1 is 1.31 bits per heavy atom. The van der Waals surface area contributed by atoms with E-state index in [9.17, 15) is 5.11 Å². The molecule has 1 unspecified atom stereocenters. The quantitative estimate of drug-likeness (QED) is 0.408. The molecule has 3 N–H and O–H groups in total. The number of piperidine rings is 1. The van der Waals surface area contributed by atoms with E-state index in [2.05, 4.69) is 34.4 Å². The molecule has 0 spiro atoms. The topological polar surface area (TPSA) is 78.4 Å². The molecule has 0 aromatic heterocycles. The van der Waals surface area contributed by atoms with Crippen LogP contribution in [0.4, 0.5) is 0 Å². The highest BCUT2D eigenvalue weighted by Crippen LogP contribution is 2.19. The Morgan fingerprint density at radius 3 is 2.72 bits per heavy atom. The van der Waals surface area contributed by atoms with Crippen LogP contribution in [-0.2, 0) is 4.74 Å². The van der Waals surface area contributed by atoms with Crippen LogP contribution in [0.2, 0.25) is 0 Å². The second kappa shape index (κ2) is 12.7. The maximum atomic E-state index is 10.5. The molecule has 7 nitrogen and oxygen atoms in total. The van der Waals surface area contributed by atoms with Gasteiger partial charge in [-0.25, -0.2) is 0 Å². The first-order valence-electron chi connectivity index (χ1n) is 10.7. The van der Waals surface area contributed by atoms with E-state index < -0.39 is 6.10 Å². The summed E-state index contributed by atoms with van der Waals surface area (Å²) >= 11 is 0. The molecule has 1 atom stereocenters. The zero-order valence-electron chi connectivity index (χ0n) is 18.4. The van der Waals surface area contributed by atoms with Crippen molar-refractivity contribution in [1.82, 2.24) is 15.5 Å². The van der Waals surface area contributed by atoms with Gasteiger partial charge in [0.15, 0.2) is 5.96 Å². The molecule has 164 valence electrons. The lowest BCUT2D eigenvalue weighted by Gasteiger charge is -2.33. The SMILES string of the molecule is CCNC(=NCC(O)c1cccc(OC)c1)NC1CCN(CCOC(C)C)CC1. The first kappa shape index (κ1) is 23.4. The number of nitrogens with zero attached hydrogens (tertiary/aromatic N) is 2. The van der Waals surface area contributed by atoms with Gasteiger partial charge in [-0.15, -0.1) is 0 Å². The van der Waals surface area contributed by atoms with Crippen molar-refractivity contribution in [3.8, 4) is 5.75 Å². The Kier molecular flexibility index (Phi) is 10.2. The van der Waals surface area contributed by atoms with Crippen LogP contribution in [0.15, 0.2) is 29.3 Å². The zero-order chi connectivity index (χ0) is 21.1. The predicted molar refractivity (Wildman–Crippen MR) is 118 cm³/mol. The van der Waals surface area contributed by atoms with Crippen molar-refractivity contribution >= 4 is 5.96 Å². The summed E-state index contributed by atoms with van der Waals surface area (Å²) < 4.78 is 10.9. The highest BCUT2D eigenvalue weighted by Gasteiger charge is 2.20. The second-order valence-electron chi connectivity index (χ2n) is 7.69. The molecule has 1 aliphatic heterocycles. The van der Waals surface area contributed by atoms with Crippen LogP contribution in [0.3, 0.4) is 0 Å². The fourth-order valence-corrected chi connectivity index (χ4v) is 3.36. The van der Waals surface area contributed by atoms with Crippen molar-refractivity contribution in [2.75, 3.05) is 46.4 Å². The molecule has 0 bridgehead atoms. The van der Waals surface area contributed by atoms with Gasteiger partial charge in [0.25, 0.3) is 0 Å². The van der Waals surface area contributed by atoms with Gasteiger partial charge < -0.3 is 30.1 Å². The number of hydrogen-bond acceptors (Lipinski definition) is 5. The van der Waals surface area contributed by atoms with Gasteiger partial charge >= 0.3 is 0 Å². The Bertz CT molecular complexity index is 616. The fourth-order valence-electron chi connectivity index (χ4n) is 3.36. The van der Waals surface area contributed by atoms with Gasteiger partial charge in [0, 0.05) is 32.2 Å². The van der Waals surface area contributed by atoms with Crippen LogP contribution in [0.1, 0.15) is 45.3 Å². The van der Waals surface area contributed by atoms with Gasteiger partial charge in [0.2, 0.25) is 0 Å². The normalized spacial score (nSPS) is 17.4. The minimum Gasteiger partial charge on any atom is -0.497 e. The number of aliphatic hydroxyl groups excluding tert-OH is 1. The molecule has 0 radical (unpaired) electrons. The summed E-state index contributed by atoms with van der Waals surface area (Å²) in [6, 6.07) is 7.88. The molecule has 7 heteroatoms. The van der Waals surface area contributed by atoms with E-state index in [4.69, 9.17) is 9.47 Å². The van der Waals surface area contributed by atoms with Crippen molar-refractivity contribution in [3.63, 3.8) is 0 Å². The van der Waals surface area contributed by atoms with E-state index in [1.165, 1.54) is 0 Å². The number of benzene rings is 1. The maximum absolute atomic E-state index is 10.5. The summed E-state index contributed by atoms with van der Waals surface area (Å²) in [5.41, 5.74) is 0.806. The number of guanidine groups is 1. The van der Waals surface area contributed by atoms with Crippen LogP contribution in [-0.4, -0.2) is 74.6 Å². The van der Waals surface area contributed by atoms with Gasteiger partial charge in [-0.3, -0.25) is 4.99 Å². The lowest BCUT2D eigenvalue weighted by molar-refractivity contribution is 0.0532. The zero-order valence-corrected chi connectivity index (χ0v) is 18.4. The van der Waals surface area contributed by atoms with Gasteiger partial charge in [-0.05, 0) is 51.3 Å². The van der Waals surface area contributed by atoms with E-state index in [-0.39, 0.29) is 0 Å². The number of ether oxygens (including phenoxy) is 2. The van der Waals surface area contributed by atoms with Gasteiger partial charge in [0.1, 0.15) is 5.75 Å². The van der Waals surface area contributed by atoms with Crippen molar-refractivity contribution in [3.05, 3.63) is 29.8 Å². The summed E-state index contributed by atoms with van der Waals surface area (Å²) in [4.78, 5) is 7.05. The summed E-state index contributed by atoms with van der Waals surface area (Å²) in [5, 5.41) is 17.3. The number of likely N-dealkylation sites (tertiary alicyclic amines) is 1. The van der Waals surface area contributed by atoms with Crippen LogP contribution < -0.4 is 15.4 Å². The summed E-state index contributed by atoms with van der Waals surface area (Å²) in [6.07, 6.45) is 1.78. The molecule has 1 aliphatic rings. The Hall–Kier alpha value is -1.83. The minimum atomic E-state index is -0.664. The van der Waals surface area contributed by atoms with Crippen LogP contribution >= 0.6 is 0 Å². The average Bonchev–Trinajstić information content (AvgIpc) is 2.73. The molecule has 29 heavy (non-hydrogen) atoms. The summed E-state index contributed by atoms with van der Waals surface area (Å²) in [5.74, 6) is 1.50. The van der Waals surface area contributed by atoms with E-state index in [1.807, 2.05) is 31.2 Å². The number of rotatable bonds is 10. The standard InChI is InChI=1S/C22H38N4O3/c1-5-23-22(24-16-21(27)18-7-6-8-20(15-18)28-4)25-19-9-11-26(12-10-19)13-14-29-17(2)3/h6-8,15,17,19,21,27H,5,9-14,16H2,1-4H3,(H2,23,24,25). The number of aliphatic imine (C=N–C) groups is 1.